The highest BCUT2D eigenvalue weighted by molar-refractivity contribution is 7.89. The summed E-state index contributed by atoms with van der Waals surface area (Å²) in [6.07, 6.45) is 0. The molecule has 0 saturated heterocycles. The van der Waals surface area contributed by atoms with Gasteiger partial charge in [-0.1, -0.05) is 24.4 Å². The van der Waals surface area contributed by atoms with Gasteiger partial charge in [0.15, 0.2) is 0 Å². The maximum absolute atomic E-state index is 8.63. The zero-order valence-corrected chi connectivity index (χ0v) is 8.20. The molecule has 70 valence electrons. The maximum Gasteiger partial charge on any atom is 0.136 e. The second-order valence-corrected chi connectivity index (χ2v) is 2.93. The predicted octanol–water partition coefficient (Wildman–Crippen LogP) is -1.11. The first-order valence-corrected chi connectivity index (χ1v) is 4.25. The van der Waals surface area contributed by atoms with Gasteiger partial charge in [0.2, 0.25) is 0 Å². The van der Waals surface area contributed by atoms with E-state index < -0.39 is 0 Å². The van der Waals surface area contributed by atoms with Crippen molar-refractivity contribution < 1.29 is 10.2 Å². The summed E-state index contributed by atoms with van der Waals surface area (Å²) < 4.78 is 0. The predicted molar refractivity (Wildman–Crippen MR) is 55.1 cm³/mol. The third-order valence-electron chi connectivity index (χ3n) is 1.24. The van der Waals surface area contributed by atoms with Gasteiger partial charge in [-0.3, -0.25) is 0 Å². The van der Waals surface area contributed by atoms with E-state index in [4.69, 9.17) is 28.2 Å². The highest BCUT2D eigenvalue weighted by Gasteiger charge is 2.09. The molecule has 6 heteroatoms. The van der Waals surface area contributed by atoms with Crippen LogP contribution in [0.4, 0.5) is 0 Å². The molecule has 0 aromatic carbocycles. The fraction of sp³-hybridized carbons (Fsp3) is 0.667. The van der Waals surface area contributed by atoms with E-state index in [9.17, 15) is 0 Å². The van der Waals surface area contributed by atoms with Crippen LogP contribution in [0.2, 0.25) is 0 Å². The first-order chi connectivity index (χ1) is 5.63. The second kappa shape index (κ2) is 6.24. The normalized spacial score (nSPS) is 9.50. The van der Waals surface area contributed by atoms with Gasteiger partial charge in [0.25, 0.3) is 0 Å². The van der Waals surface area contributed by atoms with Crippen LogP contribution in [-0.4, -0.2) is 51.4 Å². The van der Waals surface area contributed by atoms with Crippen LogP contribution in [0, 0.1) is 0 Å². The molecule has 0 heterocycles. The Bertz CT molecular complexity index is 169. The lowest BCUT2D eigenvalue weighted by Crippen LogP contribution is -2.41. The van der Waals surface area contributed by atoms with E-state index in [1.807, 2.05) is 0 Å². The van der Waals surface area contributed by atoms with Crippen LogP contribution in [0.25, 0.3) is 0 Å². The molecule has 0 fully saturated rings. The Morgan fingerprint density at radius 1 is 1.17 bits per heavy atom. The maximum atomic E-state index is 8.63. The van der Waals surface area contributed by atoms with E-state index in [1.165, 1.54) is 0 Å². The first-order valence-electron chi connectivity index (χ1n) is 3.44. The van der Waals surface area contributed by atoms with Gasteiger partial charge in [-0.25, -0.2) is 0 Å². The molecular formula is C6H12N2O2S2. The monoisotopic (exact) mass is 208 g/mol. The van der Waals surface area contributed by atoms with E-state index in [0.717, 1.165) is 0 Å². The molecule has 0 amide bonds. The summed E-state index contributed by atoms with van der Waals surface area (Å²) in [5.41, 5.74) is 5.28. The number of aliphatic hydroxyl groups excluding tert-OH is 2. The summed E-state index contributed by atoms with van der Waals surface area (Å²) in [5, 5.41) is 17.3. The number of rotatable bonds is 4. The molecule has 0 aromatic rings. The fourth-order valence-corrected chi connectivity index (χ4v) is 1.02. The average Bonchev–Trinajstić information content (AvgIpc) is 2.03. The summed E-state index contributed by atoms with van der Waals surface area (Å²) in [4.78, 5) is 2.00. The van der Waals surface area contributed by atoms with Crippen LogP contribution in [0.15, 0.2) is 0 Å². The zero-order valence-electron chi connectivity index (χ0n) is 6.56. The van der Waals surface area contributed by atoms with Gasteiger partial charge in [-0.15, -0.1) is 0 Å². The van der Waals surface area contributed by atoms with Gasteiger partial charge >= 0.3 is 0 Å². The topological polar surface area (TPSA) is 69.7 Å². The highest BCUT2D eigenvalue weighted by atomic mass is 32.1. The summed E-state index contributed by atoms with van der Waals surface area (Å²) in [6.45, 7) is 0.610. The fourth-order valence-electron chi connectivity index (χ4n) is 0.712. The van der Waals surface area contributed by atoms with Crippen LogP contribution < -0.4 is 5.73 Å². The Hall–Kier alpha value is -0.300. The third kappa shape index (κ3) is 3.91. The molecule has 12 heavy (non-hydrogen) atoms. The Balaban J connectivity index is 4.08. The molecule has 0 radical (unpaired) electrons. The van der Waals surface area contributed by atoms with Gasteiger partial charge in [0.05, 0.1) is 13.2 Å². The Morgan fingerprint density at radius 2 is 1.58 bits per heavy atom. The SMILES string of the molecule is NC(=S)C(=S)N(CCO)CCO. The Labute approximate surface area is 82.0 Å². The molecule has 0 spiro atoms. The van der Waals surface area contributed by atoms with E-state index in [1.54, 1.807) is 4.90 Å². The zero-order chi connectivity index (χ0) is 9.56. The van der Waals surface area contributed by atoms with Crippen molar-refractivity contribution in [1.82, 2.24) is 4.90 Å². The van der Waals surface area contributed by atoms with Gasteiger partial charge in [-0.05, 0) is 0 Å². The minimum atomic E-state index is -0.0389. The molecule has 0 bridgehead atoms. The minimum absolute atomic E-state index is 0.0389. The van der Waals surface area contributed by atoms with Crippen molar-refractivity contribution in [3.63, 3.8) is 0 Å². The summed E-state index contributed by atoms with van der Waals surface area (Å²) in [6, 6.07) is 0. The number of thiocarbonyl (C=S) groups is 2. The highest BCUT2D eigenvalue weighted by Crippen LogP contribution is 1.92. The molecule has 0 aromatic heterocycles. The van der Waals surface area contributed by atoms with Gasteiger partial charge in [-0.2, -0.15) is 0 Å². The Kier molecular flexibility index (Phi) is 6.09. The van der Waals surface area contributed by atoms with E-state index in [0.29, 0.717) is 18.1 Å². The smallest absolute Gasteiger partial charge is 0.136 e. The molecule has 0 saturated carbocycles. The number of nitrogens with two attached hydrogens (primary N) is 1. The van der Waals surface area contributed by atoms with Crippen LogP contribution in [0.3, 0.4) is 0 Å². The van der Waals surface area contributed by atoms with Crippen molar-refractivity contribution in [1.29, 1.82) is 0 Å². The summed E-state index contributed by atoms with van der Waals surface area (Å²) in [7, 11) is 0. The van der Waals surface area contributed by atoms with Crippen molar-refractivity contribution in [3.8, 4) is 0 Å². The molecule has 0 unspecified atom stereocenters. The van der Waals surface area contributed by atoms with Crippen molar-refractivity contribution in [2.45, 2.75) is 0 Å². The number of nitrogens with zero attached hydrogens (tertiary/aromatic N) is 1. The van der Waals surface area contributed by atoms with E-state index in [2.05, 4.69) is 12.2 Å². The van der Waals surface area contributed by atoms with Gasteiger partial charge in [0, 0.05) is 13.1 Å². The standard InChI is InChI=1S/C6H12N2O2S2/c7-5(11)6(12)8(1-3-9)2-4-10/h9-10H,1-4H2,(H2,7,11). The Morgan fingerprint density at radius 3 is 1.83 bits per heavy atom. The molecule has 0 aliphatic heterocycles. The molecule has 0 rings (SSSR count). The molecule has 4 N–H and O–H groups in total. The van der Waals surface area contributed by atoms with E-state index >= 15 is 0 Å². The van der Waals surface area contributed by atoms with Crippen LogP contribution in [0.1, 0.15) is 0 Å². The van der Waals surface area contributed by atoms with Crippen molar-refractivity contribution in [3.05, 3.63) is 0 Å². The summed E-state index contributed by atoms with van der Waals surface area (Å²) in [5.74, 6) is 0. The van der Waals surface area contributed by atoms with Crippen molar-refractivity contribution in [2.75, 3.05) is 26.3 Å². The minimum Gasteiger partial charge on any atom is -0.395 e. The van der Waals surface area contributed by atoms with Crippen LogP contribution in [0.5, 0.6) is 0 Å². The van der Waals surface area contributed by atoms with Crippen molar-refractivity contribution >= 4 is 34.4 Å². The van der Waals surface area contributed by atoms with Gasteiger partial charge in [0.1, 0.15) is 9.98 Å². The van der Waals surface area contributed by atoms with Crippen LogP contribution >= 0.6 is 24.4 Å². The molecule has 0 aliphatic carbocycles. The van der Waals surface area contributed by atoms with Crippen LogP contribution in [-0.2, 0) is 0 Å². The lowest BCUT2D eigenvalue weighted by atomic mass is 10.4. The molecule has 4 nitrogen and oxygen atoms in total. The quantitative estimate of drug-likeness (QED) is 0.509. The second-order valence-electron chi connectivity index (χ2n) is 2.10. The molecule has 0 atom stereocenters. The average molecular weight is 208 g/mol. The van der Waals surface area contributed by atoms with Crippen molar-refractivity contribution in [2.24, 2.45) is 5.73 Å². The largest absolute Gasteiger partial charge is 0.395 e. The van der Waals surface area contributed by atoms with E-state index in [-0.39, 0.29) is 18.2 Å². The number of hydrogen-bond acceptors (Lipinski definition) is 4. The van der Waals surface area contributed by atoms with Gasteiger partial charge < -0.3 is 20.8 Å². The first kappa shape index (κ1) is 11.7. The summed E-state index contributed by atoms with van der Waals surface area (Å²) >= 11 is 9.52. The molecular weight excluding hydrogens is 196 g/mol. The molecule has 0 aliphatic rings. The number of aliphatic hydroxyl groups is 2. The number of hydrogen-bond donors (Lipinski definition) is 3. The third-order valence-corrected chi connectivity index (χ3v) is 2.04. The lowest BCUT2D eigenvalue weighted by Gasteiger charge is -2.22. The lowest BCUT2D eigenvalue weighted by molar-refractivity contribution is 0.215.